The van der Waals surface area contributed by atoms with Gasteiger partial charge in [-0.2, -0.15) is 0 Å². The molecule has 3 unspecified atom stereocenters. The number of aliphatic hydroxyl groups is 1. The fraction of sp³-hybridized carbons (Fsp3) is 1.00. The number of likely N-dealkylation sites (tertiary alicyclic amines) is 1. The minimum Gasteiger partial charge on any atom is -0.395 e. The number of piperidine rings is 1. The molecule has 3 nitrogen and oxygen atoms in total. The summed E-state index contributed by atoms with van der Waals surface area (Å²) in [4.78, 5) is 2.13. The van der Waals surface area contributed by atoms with Gasteiger partial charge in [0.15, 0.2) is 0 Å². The Morgan fingerprint density at radius 1 is 1.47 bits per heavy atom. The molecule has 0 aromatic rings. The number of halogens is 1. The van der Waals surface area contributed by atoms with Gasteiger partial charge in [-0.1, -0.05) is 0 Å². The molecule has 2 N–H and O–H groups in total. The zero-order valence-electron chi connectivity index (χ0n) is 9.16. The van der Waals surface area contributed by atoms with Gasteiger partial charge >= 0.3 is 0 Å². The smallest absolute Gasteiger partial charge is 0.114 e. The molecule has 3 atom stereocenters. The molecule has 2 saturated heterocycles. The zero-order chi connectivity index (χ0) is 10.7. The third kappa shape index (κ3) is 2.89. The molecule has 0 aromatic carbocycles. The zero-order valence-corrected chi connectivity index (χ0v) is 9.16. The summed E-state index contributed by atoms with van der Waals surface area (Å²) in [7, 11) is 0. The van der Waals surface area contributed by atoms with E-state index < -0.39 is 6.17 Å². The van der Waals surface area contributed by atoms with Crippen LogP contribution in [-0.4, -0.2) is 55.0 Å². The van der Waals surface area contributed by atoms with Gasteiger partial charge in [-0.15, -0.1) is 0 Å². The van der Waals surface area contributed by atoms with Crippen molar-refractivity contribution in [3.63, 3.8) is 0 Å². The lowest BCUT2D eigenvalue weighted by molar-refractivity contribution is 0.134. The highest BCUT2D eigenvalue weighted by atomic mass is 19.1. The lowest BCUT2D eigenvalue weighted by Crippen LogP contribution is -2.41. The Hall–Kier alpha value is -0.190. The quantitative estimate of drug-likeness (QED) is 0.716. The molecule has 2 heterocycles. The van der Waals surface area contributed by atoms with Crippen LogP contribution < -0.4 is 5.32 Å². The van der Waals surface area contributed by atoms with Gasteiger partial charge in [0.2, 0.25) is 0 Å². The first kappa shape index (κ1) is 11.3. The summed E-state index contributed by atoms with van der Waals surface area (Å²) < 4.78 is 13.2. The van der Waals surface area contributed by atoms with E-state index in [1.165, 1.54) is 12.8 Å². The van der Waals surface area contributed by atoms with Crippen molar-refractivity contribution in [1.29, 1.82) is 0 Å². The van der Waals surface area contributed by atoms with Gasteiger partial charge in [0.05, 0.1) is 6.61 Å². The monoisotopic (exact) mass is 216 g/mol. The van der Waals surface area contributed by atoms with E-state index in [4.69, 9.17) is 5.11 Å². The van der Waals surface area contributed by atoms with Crippen molar-refractivity contribution in [2.75, 3.05) is 32.8 Å². The molecule has 0 bridgehead atoms. The van der Waals surface area contributed by atoms with E-state index in [9.17, 15) is 4.39 Å². The van der Waals surface area contributed by atoms with Crippen molar-refractivity contribution in [3.8, 4) is 0 Å². The molecule has 0 aliphatic carbocycles. The van der Waals surface area contributed by atoms with E-state index >= 15 is 0 Å². The van der Waals surface area contributed by atoms with E-state index in [2.05, 4.69) is 10.2 Å². The maximum Gasteiger partial charge on any atom is 0.114 e. The van der Waals surface area contributed by atoms with Crippen LogP contribution in [0.2, 0.25) is 0 Å². The largest absolute Gasteiger partial charge is 0.395 e. The molecule has 2 aliphatic heterocycles. The molecule has 2 aliphatic rings. The SMILES string of the molecule is OCC1CC(F)CN1CC1CCCNC1. The number of hydrogen-bond donors (Lipinski definition) is 2. The van der Waals surface area contributed by atoms with Gasteiger partial charge in [0.25, 0.3) is 0 Å². The molecule has 0 saturated carbocycles. The minimum absolute atomic E-state index is 0.0573. The van der Waals surface area contributed by atoms with Crippen LogP contribution in [-0.2, 0) is 0 Å². The topological polar surface area (TPSA) is 35.5 Å². The Kier molecular flexibility index (Phi) is 3.94. The molecule has 2 rings (SSSR count). The molecule has 4 heteroatoms. The Morgan fingerprint density at radius 3 is 3.00 bits per heavy atom. The Bertz CT molecular complexity index is 197. The summed E-state index contributed by atoms with van der Waals surface area (Å²) in [5.74, 6) is 0.637. The Balaban J connectivity index is 1.81. The molecule has 2 fully saturated rings. The number of aliphatic hydroxyl groups excluding tert-OH is 1. The average molecular weight is 216 g/mol. The third-order valence-electron chi connectivity index (χ3n) is 3.58. The van der Waals surface area contributed by atoms with Gasteiger partial charge in [-0.25, -0.2) is 4.39 Å². The molecule has 0 amide bonds. The van der Waals surface area contributed by atoms with Crippen molar-refractivity contribution in [2.24, 2.45) is 5.92 Å². The van der Waals surface area contributed by atoms with Crippen LogP contribution in [0.1, 0.15) is 19.3 Å². The van der Waals surface area contributed by atoms with Crippen molar-refractivity contribution < 1.29 is 9.50 Å². The summed E-state index contributed by atoms with van der Waals surface area (Å²) in [5.41, 5.74) is 0. The van der Waals surface area contributed by atoms with E-state index in [-0.39, 0.29) is 12.6 Å². The second-order valence-corrected chi connectivity index (χ2v) is 4.84. The normalized spacial score (nSPS) is 38.4. The molecule has 0 spiro atoms. The number of rotatable bonds is 3. The highest BCUT2D eigenvalue weighted by Gasteiger charge is 2.32. The maximum atomic E-state index is 13.2. The second kappa shape index (κ2) is 5.23. The molecular formula is C11H21FN2O. The minimum atomic E-state index is -0.737. The first-order valence-corrected chi connectivity index (χ1v) is 5.99. The van der Waals surface area contributed by atoms with Crippen LogP contribution in [0.4, 0.5) is 4.39 Å². The highest BCUT2D eigenvalue weighted by molar-refractivity contribution is 4.87. The number of nitrogens with zero attached hydrogens (tertiary/aromatic N) is 1. The Morgan fingerprint density at radius 2 is 2.33 bits per heavy atom. The van der Waals surface area contributed by atoms with Gasteiger partial charge in [0.1, 0.15) is 6.17 Å². The van der Waals surface area contributed by atoms with Crippen LogP contribution in [0.15, 0.2) is 0 Å². The number of hydrogen-bond acceptors (Lipinski definition) is 3. The van der Waals surface area contributed by atoms with Crippen LogP contribution in [0.3, 0.4) is 0 Å². The molecule has 0 aromatic heterocycles. The summed E-state index contributed by atoms with van der Waals surface area (Å²) in [5, 5.41) is 12.5. The van der Waals surface area contributed by atoms with Crippen LogP contribution in [0, 0.1) is 5.92 Å². The fourth-order valence-corrected chi connectivity index (χ4v) is 2.75. The third-order valence-corrected chi connectivity index (χ3v) is 3.58. The van der Waals surface area contributed by atoms with E-state index in [0.717, 1.165) is 19.6 Å². The van der Waals surface area contributed by atoms with E-state index in [1.807, 2.05) is 0 Å². The number of nitrogens with one attached hydrogen (secondary N) is 1. The van der Waals surface area contributed by atoms with Crippen molar-refractivity contribution in [1.82, 2.24) is 10.2 Å². The molecular weight excluding hydrogens is 195 g/mol. The van der Waals surface area contributed by atoms with Crippen molar-refractivity contribution >= 4 is 0 Å². The highest BCUT2D eigenvalue weighted by Crippen LogP contribution is 2.22. The van der Waals surface area contributed by atoms with Crippen molar-refractivity contribution in [2.45, 2.75) is 31.5 Å². The van der Waals surface area contributed by atoms with Gasteiger partial charge in [0, 0.05) is 19.1 Å². The predicted molar refractivity (Wildman–Crippen MR) is 57.6 cm³/mol. The standard InChI is InChI=1S/C11H21FN2O/c12-10-4-11(8-15)14(7-10)6-9-2-1-3-13-5-9/h9-11,13,15H,1-8H2. The van der Waals surface area contributed by atoms with Crippen LogP contribution in [0.5, 0.6) is 0 Å². The summed E-state index contributed by atoms with van der Waals surface area (Å²) >= 11 is 0. The first-order chi connectivity index (χ1) is 7.29. The average Bonchev–Trinajstić information content (AvgIpc) is 2.60. The van der Waals surface area contributed by atoms with E-state index in [0.29, 0.717) is 18.9 Å². The van der Waals surface area contributed by atoms with E-state index in [1.54, 1.807) is 0 Å². The first-order valence-electron chi connectivity index (χ1n) is 5.99. The van der Waals surface area contributed by atoms with Gasteiger partial charge in [-0.3, -0.25) is 4.90 Å². The summed E-state index contributed by atoms with van der Waals surface area (Å²) in [6.45, 7) is 3.72. The second-order valence-electron chi connectivity index (χ2n) is 4.84. The maximum absolute atomic E-state index is 13.2. The molecule has 88 valence electrons. The van der Waals surface area contributed by atoms with Gasteiger partial charge < -0.3 is 10.4 Å². The lowest BCUT2D eigenvalue weighted by atomic mass is 9.99. The molecule has 15 heavy (non-hydrogen) atoms. The predicted octanol–water partition coefficient (Wildman–Crippen LogP) is 0.391. The summed E-state index contributed by atoms with van der Waals surface area (Å²) in [6, 6.07) is 0.0573. The summed E-state index contributed by atoms with van der Waals surface area (Å²) in [6.07, 6.45) is 2.23. The van der Waals surface area contributed by atoms with Crippen molar-refractivity contribution in [3.05, 3.63) is 0 Å². The van der Waals surface area contributed by atoms with Crippen LogP contribution in [0.25, 0.3) is 0 Å². The molecule has 0 radical (unpaired) electrons. The lowest BCUT2D eigenvalue weighted by Gasteiger charge is -2.30. The number of alkyl halides is 1. The van der Waals surface area contributed by atoms with Gasteiger partial charge in [-0.05, 0) is 38.3 Å². The fourth-order valence-electron chi connectivity index (χ4n) is 2.75. The van der Waals surface area contributed by atoms with Crippen LogP contribution >= 0.6 is 0 Å². The Labute approximate surface area is 90.6 Å².